The van der Waals surface area contributed by atoms with Gasteiger partial charge in [-0.25, -0.2) is 15.0 Å². The molecule has 6 aromatic rings. The standard InChI is InChI=1S/C41H42N8O4/c1-23(21-50)43-18-28-16-34-36(44-19-28)38(46-26(4)45-34)47-33-11-7-9-31(25(33)3)30-8-6-10-32(24(30)2)39-48-35-15-27(14-29(17-42)37(35)53-39)20-49-13-12-41(5,22-49)40(51)52/h6-11,14-16,19,23,43,50H,12-13,18,20-22H2,1-5H3,(H,51,52)(H,45,46,47)/t23-,41+/m0/s1. The maximum Gasteiger partial charge on any atom is 0.310 e. The van der Waals surface area contributed by atoms with Crippen molar-refractivity contribution in [1.29, 1.82) is 5.26 Å². The Labute approximate surface area is 307 Å². The maximum atomic E-state index is 11.8. The van der Waals surface area contributed by atoms with Crippen LogP contribution in [0.1, 0.15) is 53.9 Å². The number of nitrogens with zero attached hydrogens (tertiary/aromatic N) is 6. The van der Waals surface area contributed by atoms with Crippen LogP contribution in [0.2, 0.25) is 0 Å². The van der Waals surface area contributed by atoms with Crippen LogP contribution in [0.25, 0.3) is 44.7 Å². The first-order chi connectivity index (χ1) is 25.5. The Morgan fingerprint density at radius 1 is 1.02 bits per heavy atom. The van der Waals surface area contributed by atoms with E-state index < -0.39 is 11.4 Å². The molecule has 7 rings (SSSR count). The van der Waals surface area contributed by atoms with Gasteiger partial charge in [-0.15, -0.1) is 0 Å². The number of fused-ring (bicyclic) bond motifs is 2. The maximum absolute atomic E-state index is 11.8. The monoisotopic (exact) mass is 710 g/mol. The number of likely N-dealkylation sites (tertiary alicyclic amines) is 1. The fourth-order valence-corrected chi connectivity index (χ4v) is 7.07. The number of nitrogens with one attached hydrogen (secondary N) is 2. The topological polar surface area (TPSA) is 173 Å². The van der Waals surface area contributed by atoms with E-state index in [0.717, 1.165) is 50.1 Å². The second-order valence-corrected chi connectivity index (χ2v) is 14.3. The minimum atomic E-state index is -0.787. The summed E-state index contributed by atoms with van der Waals surface area (Å²) in [4.78, 5) is 32.8. The Kier molecular flexibility index (Phi) is 9.65. The zero-order valence-corrected chi connectivity index (χ0v) is 30.5. The van der Waals surface area contributed by atoms with Gasteiger partial charge in [0.1, 0.15) is 22.9 Å². The number of hydrogen-bond acceptors (Lipinski definition) is 11. The van der Waals surface area contributed by atoms with E-state index in [1.165, 1.54) is 0 Å². The van der Waals surface area contributed by atoms with E-state index in [1.54, 1.807) is 13.1 Å². The van der Waals surface area contributed by atoms with Gasteiger partial charge in [-0.3, -0.25) is 14.7 Å². The van der Waals surface area contributed by atoms with Crippen molar-refractivity contribution in [2.45, 2.75) is 60.2 Å². The number of benzene rings is 3. The highest BCUT2D eigenvalue weighted by atomic mass is 16.4. The van der Waals surface area contributed by atoms with Crippen molar-refractivity contribution in [1.82, 2.24) is 30.2 Å². The molecule has 0 spiro atoms. The molecule has 3 aromatic heterocycles. The van der Waals surface area contributed by atoms with Crippen LogP contribution in [0, 0.1) is 37.5 Å². The van der Waals surface area contributed by atoms with E-state index in [0.29, 0.717) is 72.3 Å². The molecule has 1 aliphatic rings. The van der Waals surface area contributed by atoms with Crippen LogP contribution in [0.4, 0.5) is 11.5 Å². The van der Waals surface area contributed by atoms with Crippen molar-refractivity contribution in [3.05, 3.63) is 94.4 Å². The first-order valence-electron chi connectivity index (χ1n) is 17.7. The van der Waals surface area contributed by atoms with Crippen molar-refractivity contribution in [3.8, 4) is 28.7 Å². The number of aliphatic hydroxyl groups excluding tert-OH is 1. The smallest absolute Gasteiger partial charge is 0.310 e. The number of carboxylic acids is 1. The molecule has 4 heterocycles. The Balaban J connectivity index is 1.18. The Morgan fingerprint density at radius 2 is 1.75 bits per heavy atom. The van der Waals surface area contributed by atoms with Gasteiger partial charge in [0, 0.05) is 43.1 Å². The number of anilines is 2. The number of aliphatic carboxylic acids is 1. The molecule has 4 N–H and O–H groups in total. The summed E-state index contributed by atoms with van der Waals surface area (Å²) in [6, 6.07) is 20.1. The normalized spacial score (nSPS) is 16.6. The number of carbonyl (C=O) groups is 1. The molecule has 1 saturated heterocycles. The third kappa shape index (κ3) is 7.06. The number of pyridine rings is 1. The van der Waals surface area contributed by atoms with E-state index in [1.807, 2.05) is 63.2 Å². The second-order valence-electron chi connectivity index (χ2n) is 14.3. The molecule has 1 fully saturated rings. The van der Waals surface area contributed by atoms with Gasteiger partial charge in [-0.05, 0) is 111 Å². The lowest BCUT2D eigenvalue weighted by atomic mass is 9.90. The molecular formula is C41H42N8O4. The zero-order valence-electron chi connectivity index (χ0n) is 30.5. The number of hydrogen-bond donors (Lipinski definition) is 4. The molecular weight excluding hydrogens is 669 g/mol. The Bertz CT molecular complexity index is 2420. The van der Waals surface area contributed by atoms with Gasteiger partial charge in [0.2, 0.25) is 5.89 Å². The van der Waals surface area contributed by atoms with Crippen LogP contribution < -0.4 is 10.6 Å². The predicted molar refractivity (Wildman–Crippen MR) is 203 cm³/mol. The molecule has 2 atom stereocenters. The molecule has 12 heteroatoms. The van der Waals surface area contributed by atoms with Crippen LogP contribution in [0.5, 0.6) is 0 Å². The number of aromatic nitrogens is 4. The highest BCUT2D eigenvalue weighted by Gasteiger charge is 2.40. The average Bonchev–Trinajstić information content (AvgIpc) is 3.75. The van der Waals surface area contributed by atoms with Gasteiger partial charge in [0.05, 0.1) is 23.1 Å². The van der Waals surface area contributed by atoms with Gasteiger partial charge in [-0.1, -0.05) is 24.3 Å². The summed E-state index contributed by atoms with van der Waals surface area (Å²) in [6.45, 7) is 11.9. The first-order valence-corrected chi connectivity index (χ1v) is 17.7. The number of oxazole rings is 1. The number of rotatable bonds is 11. The molecule has 0 radical (unpaired) electrons. The van der Waals surface area contributed by atoms with E-state index >= 15 is 0 Å². The van der Waals surface area contributed by atoms with Gasteiger partial charge < -0.3 is 25.3 Å². The third-order valence-electron chi connectivity index (χ3n) is 10.2. The highest BCUT2D eigenvalue weighted by molar-refractivity contribution is 5.90. The lowest BCUT2D eigenvalue weighted by Gasteiger charge is -2.20. The van der Waals surface area contributed by atoms with E-state index in [4.69, 9.17) is 19.4 Å². The average molecular weight is 711 g/mol. The van der Waals surface area contributed by atoms with Gasteiger partial charge in [0.15, 0.2) is 11.4 Å². The summed E-state index contributed by atoms with van der Waals surface area (Å²) >= 11 is 0. The van der Waals surface area contributed by atoms with E-state index in [9.17, 15) is 20.3 Å². The molecule has 1 aliphatic heterocycles. The van der Waals surface area contributed by atoms with E-state index in [-0.39, 0.29) is 12.6 Å². The van der Waals surface area contributed by atoms with Crippen LogP contribution in [-0.2, 0) is 17.9 Å². The largest absolute Gasteiger partial charge is 0.481 e. The van der Waals surface area contributed by atoms with Crippen LogP contribution >= 0.6 is 0 Å². The number of nitriles is 1. The van der Waals surface area contributed by atoms with E-state index in [2.05, 4.69) is 45.6 Å². The number of aryl methyl sites for hydroxylation is 1. The molecule has 0 saturated carbocycles. The Hall–Kier alpha value is -5.74. The molecule has 53 heavy (non-hydrogen) atoms. The van der Waals surface area contributed by atoms with Crippen molar-refractivity contribution >= 4 is 39.6 Å². The van der Waals surface area contributed by atoms with Gasteiger partial charge in [-0.2, -0.15) is 5.26 Å². The first kappa shape index (κ1) is 35.7. The van der Waals surface area contributed by atoms with Gasteiger partial charge >= 0.3 is 5.97 Å². The summed E-state index contributed by atoms with van der Waals surface area (Å²) in [5.41, 5.74) is 9.62. The van der Waals surface area contributed by atoms with Crippen molar-refractivity contribution in [3.63, 3.8) is 0 Å². The Morgan fingerprint density at radius 3 is 2.49 bits per heavy atom. The van der Waals surface area contributed by atoms with Gasteiger partial charge in [0.25, 0.3) is 0 Å². The molecule has 0 bridgehead atoms. The van der Waals surface area contributed by atoms with Crippen LogP contribution in [-0.4, -0.2) is 66.8 Å². The minimum absolute atomic E-state index is 0.0269. The van der Waals surface area contributed by atoms with Crippen LogP contribution in [0.15, 0.2) is 65.2 Å². The summed E-state index contributed by atoms with van der Waals surface area (Å²) in [5.74, 6) is 0.871. The fraction of sp³-hybridized carbons (Fsp3) is 0.317. The lowest BCUT2D eigenvalue weighted by Crippen LogP contribution is -2.31. The number of aliphatic hydroxyl groups is 1. The lowest BCUT2D eigenvalue weighted by molar-refractivity contribution is -0.147. The molecule has 12 nitrogen and oxygen atoms in total. The quantitative estimate of drug-likeness (QED) is 0.111. The zero-order chi connectivity index (χ0) is 37.4. The van der Waals surface area contributed by atoms with Crippen molar-refractivity contribution in [2.75, 3.05) is 25.0 Å². The molecule has 270 valence electrons. The van der Waals surface area contributed by atoms with Crippen LogP contribution in [0.3, 0.4) is 0 Å². The molecule has 3 aromatic carbocycles. The SMILES string of the molecule is Cc1nc(Nc2cccc(-c3cccc(-c4nc5cc(CN6CC[C@@](C)(C(=O)O)C6)cc(C#N)c5o4)c3C)c2C)c2ncc(CN[C@@H](C)CO)cc2n1. The van der Waals surface area contributed by atoms with Crippen molar-refractivity contribution in [2.24, 2.45) is 5.41 Å². The summed E-state index contributed by atoms with van der Waals surface area (Å²) < 4.78 is 6.29. The predicted octanol–water partition coefficient (Wildman–Crippen LogP) is 6.81. The molecule has 0 aliphatic carbocycles. The summed E-state index contributed by atoms with van der Waals surface area (Å²) in [6.07, 6.45) is 2.38. The summed E-state index contributed by atoms with van der Waals surface area (Å²) in [7, 11) is 0. The molecule has 0 amide bonds. The summed E-state index contributed by atoms with van der Waals surface area (Å²) in [5, 5.41) is 35.9. The second kappa shape index (κ2) is 14.4. The fourth-order valence-electron chi connectivity index (χ4n) is 7.07. The minimum Gasteiger partial charge on any atom is -0.481 e. The molecule has 0 unspecified atom stereocenters. The highest BCUT2D eigenvalue weighted by Crippen LogP contribution is 2.38. The third-order valence-corrected chi connectivity index (χ3v) is 10.2. The number of carboxylic acid groups (broad SMARTS) is 1. The van der Waals surface area contributed by atoms with Crippen molar-refractivity contribution < 1.29 is 19.4 Å².